The summed E-state index contributed by atoms with van der Waals surface area (Å²) in [7, 11) is 3.01. The molecule has 0 bridgehead atoms. The van der Waals surface area contributed by atoms with Crippen molar-refractivity contribution in [2.75, 3.05) is 19.7 Å². The van der Waals surface area contributed by atoms with Gasteiger partial charge in [0.15, 0.2) is 5.12 Å². The highest BCUT2D eigenvalue weighted by Crippen LogP contribution is 2.50. The van der Waals surface area contributed by atoms with E-state index in [0.717, 1.165) is 11.1 Å². The van der Waals surface area contributed by atoms with Gasteiger partial charge in [-0.2, -0.15) is 0 Å². The first kappa shape index (κ1) is 22.7. The van der Waals surface area contributed by atoms with Crippen LogP contribution in [0.15, 0.2) is 35.0 Å². The zero-order chi connectivity index (χ0) is 21.6. The Balaban J connectivity index is 2.87. The summed E-state index contributed by atoms with van der Waals surface area (Å²) in [6.07, 6.45) is 3.07. The number of carbonyl (C=O) groups is 1. The summed E-state index contributed by atoms with van der Waals surface area (Å²) in [5.74, 6) is 0.862. The molecule has 0 aliphatic rings. The van der Waals surface area contributed by atoms with Gasteiger partial charge in [0.2, 0.25) is 0 Å². The van der Waals surface area contributed by atoms with Crippen LogP contribution in [-0.2, 0) is 4.79 Å². The van der Waals surface area contributed by atoms with E-state index in [4.69, 9.17) is 9.47 Å². The lowest BCUT2D eigenvalue weighted by Gasteiger charge is -2.22. The van der Waals surface area contributed by atoms with Gasteiger partial charge in [-0.1, -0.05) is 30.3 Å². The molecule has 2 aromatic carbocycles. The van der Waals surface area contributed by atoms with Gasteiger partial charge in [-0.05, 0) is 43.6 Å². The molecule has 2 N–H and O–H groups in total. The van der Waals surface area contributed by atoms with Crippen LogP contribution in [0.2, 0.25) is 0 Å². The summed E-state index contributed by atoms with van der Waals surface area (Å²) in [5, 5.41) is 13.4. The normalized spacial score (nSPS) is 11.7. The number of carbonyl (C=O) groups excluding carboxylic acids is 1. The zero-order valence-electron chi connectivity index (χ0n) is 17.2. The van der Waals surface area contributed by atoms with Crippen molar-refractivity contribution < 1.29 is 19.5 Å². The molecule has 156 valence electrons. The summed E-state index contributed by atoms with van der Waals surface area (Å²) in [6.45, 7) is 5.81. The van der Waals surface area contributed by atoms with Crippen molar-refractivity contribution >= 4 is 39.0 Å². The van der Waals surface area contributed by atoms with Crippen molar-refractivity contribution in [1.29, 1.82) is 0 Å². The fourth-order valence-electron chi connectivity index (χ4n) is 3.11. The maximum Gasteiger partial charge on any atom is 0.189 e. The molecule has 0 fully saturated rings. The van der Waals surface area contributed by atoms with Crippen molar-refractivity contribution in [2.24, 2.45) is 5.18 Å². The number of fused-ring (bicyclic) bond motifs is 1. The highest BCUT2D eigenvalue weighted by atomic mass is 32.2. The first-order valence-corrected chi connectivity index (χ1v) is 10.1. The molecule has 0 radical (unpaired) electrons. The summed E-state index contributed by atoms with van der Waals surface area (Å²) in [5.41, 5.74) is 4.50. The number of benzene rings is 2. The van der Waals surface area contributed by atoms with Gasteiger partial charge in [0, 0.05) is 17.2 Å². The molecule has 8 heteroatoms. The average molecular weight is 419 g/mol. The molecule has 0 amide bonds. The van der Waals surface area contributed by atoms with Crippen LogP contribution in [0, 0.1) is 4.91 Å². The topological polar surface area (TPSA) is 97.2 Å². The zero-order valence-corrected chi connectivity index (χ0v) is 18.1. The molecule has 0 saturated heterocycles. The number of nitrogens with zero attached hydrogens (tertiary/aromatic N) is 1. The van der Waals surface area contributed by atoms with Crippen LogP contribution < -0.4 is 15.0 Å². The minimum Gasteiger partial charge on any atom is -0.496 e. The van der Waals surface area contributed by atoms with Crippen molar-refractivity contribution in [1.82, 2.24) is 0 Å². The Morgan fingerprint density at radius 2 is 2.00 bits per heavy atom. The number of ether oxygens (including phenoxy) is 2. The number of methoxy groups -OCH3 is 2. The van der Waals surface area contributed by atoms with Crippen LogP contribution >= 0.6 is 11.8 Å². The second kappa shape index (κ2) is 10.3. The van der Waals surface area contributed by atoms with Gasteiger partial charge in [-0.25, -0.2) is 0 Å². The second-order valence-corrected chi connectivity index (χ2v) is 7.90. The highest BCUT2D eigenvalue weighted by molar-refractivity contribution is 8.13. The predicted octanol–water partition coefficient (Wildman–Crippen LogP) is 6.12. The van der Waals surface area contributed by atoms with Crippen LogP contribution in [0.25, 0.3) is 10.8 Å². The van der Waals surface area contributed by atoms with Crippen molar-refractivity contribution in [3.63, 3.8) is 0 Å². The summed E-state index contributed by atoms with van der Waals surface area (Å²) < 4.78 is 11.3. The molecule has 0 saturated carbocycles. The Kier molecular flexibility index (Phi) is 8.04. The number of anilines is 1. The highest BCUT2D eigenvalue weighted by Gasteiger charge is 2.26. The fourth-order valence-corrected chi connectivity index (χ4v) is 4.09. The number of allylic oxidation sites excluding steroid dienone is 2. The average Bonchev–Trinajstić information content (AvgIpc) is 2.74. The second-order valence-electron chi connectivity index (χ2n) is 6.64. The minimum absolute atomic E-state index is 0.0535. The predicted molar refractivity (Wildman–Crippen MR) is 118 cm³/mol. The molecule has 2 rings (SSSR count). The Labute approximate surface area is 174 Å². The van der Waals surface area contributed by atoms with Crippen LogP contribution in [0.3, 0.4) is 0 Å². The third-order valence-corrected chi connectivity index (χ3v) is 5.78. The number of hydrogen-bond acceptors (Lipinski definition) is 8. The van der Waals surface area contributed by atoms with Gasteiger partial charge < -0.3 is 9.47 Å². The van der Waals surface area contributed by atoms with Crippen LogP contribution in [0.4, 0.5) is 11.4 Å². The molecule has 0 aliphatic carbocycles. The monoisotopic (exact) mass is 418 g/mol. The molecule has 0 heterocycles. The summed E-state index contributed by atoms with van der Waals surface area (Å²) in [4.78, 5) is 23.8. The van der Waals surface area contributed by atoms with Gasteiger partial charge in [-0.15, -0.1) is 4.91 Å². The Morgan fingerprint density at radius 1 is 1.28 bits per heavy atom. The summed E-state index contributed by atoms with van der Waals surface area (Å²) in [6, 6.07) is 4.82. The van der Waals surface area contributed by atoms with E-state index in [-0.39, 0.29) is 16.1 Å². The number of nitroso groups, excluding NO2 is 1. The molecule has 1 unspecified atom stereocenters. The molecular formula is C21H26N2O5S. The van der Waals surface area contributed by atoms with E-state index in [2.05, 4.69) is 16.7 Å². The standard InChI is InChI=1S/C21H26N2O5S/c1-6-18(24)29-17(10-7-12(2)3)13-11-16(27-4)19-14(22-25)8-9-15(23-26)20(19)21(13)28-5/h7-9,11,17,22,25H,6,10H2,1-5H3. The van der Waals surface area contributed by atoms with Gasteiger partial charge in [-0.3, -0.25) is 15.5 Å². The van der Waals surface area contributed by atoms with Crippen molar-refractivity contribution in [2.45, 2.75) is 38.9 Å². The maximum absolute atomic E-state index is 12.2. The van der Waals surface area contributed by atoms with E-state index < -0.39 is 0 Å². The molecule has 2 aromatic rings. The van der Waals surface area contributed by atoms with E-state index in [1.165, 1.54) is 38.1 Å². The lowest BCUT2D eigenvalue weighted by molar-refractivity contribution is -0.110. The molecule has 7 nitrogen and oxygen atoms in total. The smallest absolute Gasteiger partial charge is 0.189 e. The van der Waals surface area contributed by atoms with E-state index in [0.29, 0.717) is 40.8 Å². The first-order chi connectivity index (χ1) is 13.9. The molecular weight excluding hydrogens is 392 g/mol. The quantitative estimate of drug-likeness (QED) is 0.287. The van der Waals surface area contributed by atoms with E-state index in [9.17, 15) is 14.9 Å². The molecule has 0 aromatic heterocycles. The van der Waals surface area contributed by atoms with Crippen molar-refractivity contribution in [3.8, 4) is 11.5 Å². The number of thioether (sulfide) groups is 1. The SMILES string of the molecule is CCC(=O)SC(CC=C(C)C)c1cc(OC)c2c(NO)ccc(N=O)c2c1OC. The van der Waals surface area contributed by atoms with Crippen LogP contribution in [0.1, 0.15) is 44.4 Å². The molecule has 29 heavy (non-hydrogen) atoms. The molecule has 0 spiro atoms. The van der Waals surface area contributed by atoms with Crippen molar-refractivity contribution in [3.05, 3.63) is 40.3 Å². The first-order valence-electron chi connectivity index (χ1n) is 9.19. The van der Waals surface area contributed by atoms with E-state index >= 15 is 0 Å². The van der Waals surface area contributed by atoms with Crippen LogP contribution in [0.5, 0.6) is 11.5 Å². The molecule has 1 atom stereocenters. The lowest BCUT2D eigenvalue weighted by Crippen LogP contribution is -2.04. The van der Waals surface area contributed by atoms with E-state index in [1.807, 2.05) is 20.8 Å². The third-order valence-electron chi connectivity index (χ3n) is 4.50. The van der Waals surface area contributed by atoms with Crippen LogP contribution in [-0.4, -0.2) is 24.5 Å². The third kappa shape index (κ3) is 4.89. The summed E-state index contributed by atoms with van der Waals surface area (Å²) >= 11 is 1.23. The van der Waals surface area contributed by atoms with Gasteiger partial charge in [0.1, 0.15) is 17.2 Å². The Hall–Kier alpha value is -2.58. The lowest BCUT2D eigenvalue weighted by atomic mass is 9.97. The molecule has 0 aliphatic heterocycles. The number of rotatable bonds is 9. The Morgan fingerprint density at radius 3 is 2.52 bits per heavy atom. The largest absolute Gasteiger partial charge is 0.496 e. The van der Waals surface area contributed by atoms with Gasteiger partial charge in [0.05, 0.1) is 30.7 Å². The van der Waals surface area contributed by atoms with Gasteiger partial charge >= 0.3 is 0 Å². The van der Waals surface area contributed by atoms with E-state index in [1.54, 1.807) is 6.07 Å². The maximum atomic E-state index is 12.2. The fraction of sp³-hybridized carbons (Fsp3) is 0.381. The minimum atomic E-state index is -0.240. The number of hydrogen-bond donors (Lipinski definition) is 2. The number of nitrogens with one attached hydrogen (secondary N) is 1. The van der Waals surface area contributed by atoms with Gasteiger partial charge in [0.25, 0.3) is 0 Å². The Bertz CT molecular complexity index is 939.